The molecule has 3 amide bonds. The van der Waals surface area contributed by atoms with Gasteiger partial charge in [0.25, 0.3) is 0 Å². The summed E-state index contributed by atoms with van der Waals surface area (Å²) >= 11 is 0. The molecule has 3 saturated heterocycles. The Hall–Kier alpha value is -1.67. The Bertz CT molecular complexity index is 865. The number of carbonyl (C=O) groups excluding carboxylic acids is 3. The summed E-state index contributed by atoms with van der Waals surface area (Å²) in [7, 11) is 1.57. The molecule has 3 heterocycles. The van der Waals surface area contributed by atoms with Gasteiger partial charge >= 0.3 is 0 Å². The van der Waals surface area contributed by atoms with Crippen LogP contribution in [0, 0.1) is 29.1 Å². The molecular formula is C27H47N3O5. The first-order valence-electron chi connectivity index (χ1n) is 13.1. The van der Waals surface area contributed by atoms with Crippen LogP contribution in [0.3, 0.4) is 0 Å². The molecule has 2 bridgehead atoms. The van der Waals surface area contributed by atoms with Crippen molar-refractivity contribution in [3.63, 3.8) is 0 Å². The van der Waals surface area contributed by atoms with Crippen molar-refractivity contribution in [2.75, 3.05) is 13.7 Å². The second-order valence-electron chi connectivity index (χ2n) is 13.6. The van der Waals surface area contributed by atoms with Crippen LogP contribution < -0.4 is 10.6 Å². The molecule has 3 aliphatic rings. The summed E-state index contributed by atoms with van der Waals surface area (Å²) in [5.41, 5.74) is -2.46. The van der Waals surface area contributed by atoms with E-state index in [1.807, 2.05) is 41.5 Å². The molecule has 3 aliphatic heterocycles. The van der Waals surface area contributed by atoms with E-state index in [0.29, 0.717) is 12.8 Å². The number of amides is 3. The van der Waals surface area contributed by atoms with Gasteiger partial charge < -0.3 is 25.4 Å². The molecule has 8 nitrogen and oxygen atoms in total. The number of rotatable bonds is 8. The van der Waals surface area contributed by atoms with E-state index >= 15 is 0 Å². The van der Waals surface area contributed by atoms with Crippen LogP contribution in [0.4, 0.5) is 0 Å². The zero-order chi connectivity index (χ0) is 26.7. The van der Waals surface area contributed by atoms with Crippen molar-refractivity contribution in [3.05, 3.63) is 0 Å². The maximum absolute atomic E-state index is 14.1. The zero-order valence-electron chi connectivity index (χ0n) is 23.3. The van der Waals surface area contributed by atoms with Gasteiger partial charge in [-0.15, -0.1) is 0 Å². The lowest BCUT2D eigenvalue weighted by Crippen LogP contribution is -2.61. The van der Waals surface area contributed by atoms with Crippen LogP contribution in [0.25, 0.3) is 0 Å². The highest BCUT2D eigenvalue weighted by Gasteiger charge is 2.80. The molecule has 0 aromatic rings. The lowest BCUT2D eigenvalue weighted by atomic mass is 9.62. The van der Waals surface area contributed by atoms with Crippen molar-refractivity contribution >= 4 is 17.7 Å². The monoisotopic (exact) mass is 493 g/mol. The van der Waals surface area contributed by atoms with Gasteiger partial charge in [0.2, 0.25) is 17.7 Å². The van der Waals surface area contributed by atoms with Crippen molar-refractivity contribution in [1.29, 1.82) is 0 Å². The van der Waals surface area contributed by atoms with Crippen LogP contribution in [-0.4, -0.2) is 70.2 Å². The molecule has 3 unspecified atom stereocenters. The van der Waals surface area contributed by atoms with Gasteiger partial charge in [0.1, 0.15) is 11.6 Å². The first-order valence-corrected chi connectivity index (χ1v) is 13.1. The topological polar surface area (TPSA) is 108 Å². The Kier molecular flexibility index (Phi) is 7.19. The number of aliphatic hydroxyl groups is 1. The number of nitrogens with zero attached hydrogens (tertiary/aromatic N) is 1. The minimum atomic E-state index is -1.10. The highest BCUT2D eigenvalue weighted by Crippen LogP contribution is 2.65. The minimum Gasteiger partial charge on any atom is -0.394 e. The number of ether oxygens (including phenoxy) is 1. The standard InChI is InChI=1S/C27H47N3O5/c1-15(2)11-17(13-31)30-20(22(33)29-25(7,8)14-24(4,5)6)27-12-16(3)26(9,35-27)18(21(32)28-10)19(27)23(30)34/h15-20,31H,11-14H2,1-10H3,(H,28,32)(H,29,33)/t16?,17-,18-,19+,20?,26+,27?/m1/s1. The lowest BCUT2D eigenvalue weighted by molar-refractivity contribution is -0.151. The fraction of sp³-hybridized carbons (Fsp3) is 0.889. The fourth-order valence-corrected chi connectivity index (χ4v) is 7.52. The Morgan fingerprint density at radius 1 is 1.20 bits per heavy atom. The van der Waals surface area contributed by atoms with Crippen LogP contribution in [-0.2, 0) is 19.1 Å². The summed E-state index contributed by atoms with van der Waals surface area (Å²) in [5, 5.41) is 16.3. The smallest absolute Gasteiger partial charge is 0.246 e. The van der Waals surface area contributed by atoms with E-state index in [-0.39, 0.29) is 41.6 Å². The summed E-state index contributed by atoms with van der Waals surface area (Å²) in [6.45, 7) is 18.1. The first kappa shape index (κ1) is 27.9. The summed E-state index contributed by atoms with van der Waals surface area (Å²) in [6, 6.07) is -1.44. The summed E-state index contributed by atoms with van der Waals surface area (Å²) in [4.78, 5) is 42.9. The number of aliphatic hydroxyl groups excluding tert-OH is 1. The number of hydrogen-bond acceptors (Lipinski definition) is 5. The molecule has 0 aromatic heterocycles. The molecule has 3 N–H and O–H groups in total. The van der Waals surface area contributed by atoms with Gasteiger partial charge in [-0.25, -0.2) is 0 Å². The molecule has 3 fully saturated rings. The maximum atomic E-state index is 14.1. The van der Waals surface area contributed by atoms with E-state index in [4.69, 9.17) is 4.74 Å². The molecular weight excluding hydrogens is 446 g/mol. The highest BCUT2D eigenvalue weighted by molar-refractivity contribution is 5.99. The first-order chi connectivity index (χ1) is 15.9. The number of hydrogen-bond donors (Lipinski definition) is 3. The summed E-state index contributed by atoms with van der Waals surface area (Å²) in [5.74, 6) is -2.02. The van der Waals surface area contributed by atoms with Gasteiger partial charge in [-0.1, -0.05) is 41.5 Å². The molecule has 0 saturated carbocycles. The highest BCUT2D eigenvalue weighted by atomic mass is 16.5. The fourth-order valence-electron chi connectivity index (χ4n) is 7.52. The number of fused-ring (bicyclic) bond motifs is 1. The second kappa shape index (κ2) is 9.02. The average molecular weight is 494 g/mol. The predicted octanol–water partition coefficient (Wildman–Crippen LogP) is 2.48. The molecule has 35 heavy (non-hydrogen) atoms. The largest absolute Gasteiger partial charge is 0.394 e. The van der Waals surface area contributed by atoms with E-state index < -0.39 is 40.7 Å². The van der Waals surface area contributed by atoms with Gasteiger partial charge in [-0.05, 0) is 57.3 Å². The third-order valence-corrected chi connectivity index (χ3v) is 8.31. The Balaban J connectivity index is 2.11. The van der Waals surface area contributed by atoms with E-state index in [9.17, 15) is 19.5 Å². The average Bonchev–Trinajstić information content (AvgIpc) is 3.20. The maximum Gasteiger partial charge on any atom is 0.246 e. The van der Waals surface area contributed by atoms with E-state index in [0.717, 1.165) is 6.42 Å². The molecule has 1 spiro atoms. The van der Waals surface area contributed by atoms with Crippen molar-refractivity contribution in [2.45, 2.75) is 110 Å². The van der Waals surface area contributed by atoms with Crippen LogP contribution in [0.5, 0.6) is 0 Å². The molecule has 0 aliphatic carbocycles. The quantitative estimate of drug-likeness (QED) is 0.482. The van der Waals surface area contributed by atoms with Crippen LogP contribution in [0.1, 0.15) is 81.6 Å². The molecule has 0 radical (unpaired) electrons. The second-order valence-corrected chi connectivity index (χ2v) is 13.6. The van der Waals surface area contributed by atoms with Crippen molar-refractivity contribution < 1.29 is 24.2 Å². The van der Waals surface area contributed by atoms with Gasteiger partial charge in [0.15, 0.2) is 0 Å². The molecule has 7 atom stereocenters. The van der Waals surface area contributed by atoms with E-state index in [1.165, 1.54) is 0 Å². The number of likely N-dealkylation sites (tertiary alicyclic amines) is 1. The van der Waals surface area contributed by atoms with Crippen LogP contribution >= 0.6 is 0 Å². The SMILES string of the molecule is CNC(=O)[C@H]1[C@H]2C(=O)N([C@@H](CO)CC(C)C)C(C(=O)NC(C)(C)CC(C)(C)C)C23CC(C)[C@]1(C)O3. The lowest BCUT2D eigenvalue weighted by Gasteiger charge is -2.40. The Labute approximate surface area is 210 Å². The molecule has 200 valence electrons. The summed E-state index contributed by atoms with van der Waals surface area (Å²) < 4.78 is 6.70. The molecule has 3 rings (SSSR count). The molecule has 8 heteroatoms. The van der Waals surface area contributed by atoms with Gasteiger partial charge in [-0.2, -0.15) is 0 Å². The van der Waals surface area contributed by atoms with Crippen LogP contribution in [0.15, 0.2) is 0 Å². The molecule has 0 aromatic carbocycles. The van der Waals surface area contributed by atoms with Crippen molar-refractivity contribution in [2.24, 2.45) is 29.1 Å². The van der Waals surface area contributed by atoms with Crippen molar-refractivity contribution in [3.8, 4) is 0 Å². The Morgan fingerprint density at radius 3 is 2.29 bits per heavy atom. The van der Waals surface area contributed by atoms with Gasteiger partial charge in [0, 0.05) is 12.6 Å². The van der Waals surface area contributed by atoms with Crippen LogP contribution in [0.2, 0.25) is 0 Å². The third kappa shape index (κ3) is 4.61. The van der Waals surface area contributed by atoms with E-state index in [2.05, 4.69) is 31.4 Å². The summed E-state index contributed by atoms with van der Waals surface area (Å²) in [6.07, 6.45) is 1.81. The minimum absolute atomic E-state index is 0.00985. The van der Waals surface area contributed by atoms with Gasteiger partial charge in [0.05, 0.1) is 30.1 Å². The third-order valence-electron chi connectivity index (χ3n) is 8.31. The predicted molar refractivity (Wildman–Crippen MR) is 134 cm³/mol. The number of nitrogens with one attached hydrogen (secondary N) is 2. The van der Waals surface area contributed by atoms with E-state index in [1.54, 1.807) is 11.9 Å². The van der Waals surface area contributed by atoms with Gasteiger partial charge in [-0.3, -0.25) is 14.4 Å². The zero-order valence-corrected chi connectivity index (χ0v) is 23.3. The Morgan fingerprint density at radius 2 is 1.80 bits per heavy atom. The van der Waals surface area contributed by atoms with Crippen molar-refractivity contribution in [1.82, 2.24) is 15.5 Å². The number of carbonyl (C=O) groups is 3. The normalized spacial score (nSPS) is 35.4.